The van der Waals surface area contributed by atoms with Gasteiger partial charge in [0.2, 0.25) is 0 Å². The highest BCUT2D eigenvalue weighted by atomic mass is 16.4. The van der Waals surface area contributed by atoms with E-state index >= 15 is 0 Å². The molecule has 1 rings (SSSR count). The van der Waals surface area contributed by atoms with Gasteiger partial charge in [0.1, 0.15) is 0 Å². The Morgan fingerprint density at radius 1 is 1.14 bits per heavy atom. The molecule has 0 bridgehead atoms. The number of hydrogen-bond acceptors (Lipinski definition) is 2. The number of carboxylic acid groups (broad SMARTS) is 1. The maximum atomic E-state index is 10.6. The van der Waals surface area contributed by atoms with E-state index < -0.39 is 5.97 Å². The van der Waals surface area contributed by atoms with E-state index in [1.807, 2.05) is 0 Å². The Morgan fingerprint density at radius 3 is 2.24 bits per heavy atom. The first-order valence-electron chi connectivity index (χ1n) is 7.70. The monoisotopic (exact) mass is 291 g/mol. The number of aliphatic carboxylic acids is 1. The zero-order valence-corrected chi connectivity index (χ0v) is 14.0. The maximum absolute atomic E-state index is 10.6. The van der Waals surface area contributed by atoms with Crippen LogP contribution >= 0.6 is 0 Å². The third-order valence-corrected chi connectivity index (χ3v) is 4.14. The van der Waals surface area contributed by atoms with Crippen molar-refractivity contribution < 1.29 is 9.90 Å². The molecule has 118 valence electrons. The lowest BCUT2D eigenvalue weighted by Gasteiger charge is -2.24. The van der Waals surface area contributed by atoms with Gasteiger partial charge in [-0.2, -0.15) is 0 Å². The molecule has 0 atom stereocenters. The Morgan fingerprint density at radius 2 is 1.71 bits per heavy atom. The van der Waals surface area contributed by atoms with Gasteiger partial charge < -0.3 is 10.4 Å². The molecule has 0 unspecified atom stereocenters. The second-order valence-corrected chi connectivity index (χ2v) is 6.86. The molecule has 1 aromatic carbocycles. The molecule has 21 heavy (non-hydrogen) atoms. The summed E-state index contributed by atoms with van der Waals surface area (Å²) in [5.74, 6) is -0.707. The maximum Gasteiger partial charge on any atom is 0.303 e. The van der Waals surface area contributed by atoms with Crippen LogP contribution in [0.1, 0.15) is 55.4 Å². The van der Waals surface area contributed by atoms with Crippen LogP contribution in [0.15, 0.2) is 12.1 Å². The molecule has 0 radical (unpaired) electrons. The lowest BCUT2D eigenvalue weighted by atomic mass is 9.84. The van der Waals surface area contributed by atoms with Crippen molar-refractivity contribution in [3.05, 3.63) is 34.4 Å². The number of rotatable bonds is 8. The van der Waals surface area contributed by atoms with Crippen LogP contribution in [0.5, 0.6) is 0 Å². The number of hydrogen-bond donors (Lipinski definition) is 2. The summed E-state index contributed by atoms with van der Waals surface area (Å²) in [7, 11) is 0. The summed E-state index contributed by atoms with van der Waals surface area (Å²) in [6.45, 7) is 12.5. The average molecular weight is 291 g/mol. The zero-order chi connectivity index (χ0) is 16.0. The third kappa shape index (κ3) is 6.30. The van der Waals surface area contributed by atoms with Crippen LogP contribution in [0.4, 0.5) is 0 Å². The van der Waals surface area contributed by atoms with Crippen LogP contribution in [0, 0.1) is 26.2 Å². The Bertz CT molecular complexity index is 469. The summed E-state index contributed by atoms with van der Waals surface area (Å²) in [6, 6.07) is 4.45. The van der Waals surface area contributed by atoms with E-state index in [1.165, 1.54) is 22.3 Å². The third-order valence-electron chi connectivity index (χ3n) is 4.14. The van der Waals surface area contributed by atoms with Crippen LogP contribution in [0.2, 0.25) is 0 Å². The smallest absolute Gasteiger partial charge is 0.303 e. The fraction of sp³-hybridized carbons (Fsp3) is 0.611. The molecule has 2 N–H and O–H groups in total. The molecule has 0 saturated carbocycles. The van der Waals surface area contributed by atoms with E-state index in [-0.39, 0.29) is 11.8 Å². The molecule has 0 aliphatic rings. The number of benzene rings is 1. The molecule has 0 amide bonds. The van der Waals surface area contributed by atoms with Crippen molar-refractivity contribution in [1.82, 2.24) is 5.32 Å². The molecule has 3 nitrogen and oxygen atoms in total. The Kier molecular flexibility index (Phi) is 6.41. The van der Waals surface area contributed by atoms with Gasteiger partial charge >= 0.3 is 5.97 Å². The standard InChI is InChI=1S/C18H29NO2/c1-13-10-14(2)16(15(3)11-13)12-19-9-8-18(4,5)7-6-17(20)21/h10-11,19H,6-9,12H2,1-5H3,(H,20,21). The van der Waals surface area contributed by atoms with Crippen molar-refractivity contribution in [2.24, 2.45) is 5.41 Å². The highest BCUT2D eigenvalue weighted by Crippen LogP contribution is 2.26. The molecule has 3 heteroatoms. The van der Waals surface area contributed by atoms with Gasteiger partial charge in [0.05, 0.1) is 0 Å². The molecular weight excluding hydrogens is 262 g/mol. The number of aryl methyl sites for hydroxylation is 3. The molecule has 0 fully saturated rings. The molecule has 0 spiro atoms. The molecule has 0 aromatic heterocycles. The number of nitrogens with one attached hydrogen (secondary N) is 1. The van der Waals surface area contributed by atoms with Crippen LogP contribution in [-0.2, 0) is 11.3 Å². The first kappa shape index (κ1) is 17.7. The lowest BCUT2D eigenvalue weighted by molar-refractivity contribution is -0.137. The van der Waals surface area contributed by atoms with E-state index in [0.29, 0.717) is 0 Å². The first-order valence-corrected chi connectivity index (χ1v) is 7.70. The minimum absolute atomic E-state index is 0.0722. The Balaban J connectivity index is 2.42. The topological polar surface area (TPSA) is 49.3 Å². The summed E-state index contributed by atoms with van der Waals surface area (Å²) in [5, 5.41) is 12.3. The van der Waals surface area contributed by atoms with E-state index in [9.17, 15) is 4.79 Å². The SMILES string of the molecule is Cc1cc(C)c(CNCCC(C)(C)CCC(=O)O)c(C)c1. The van der Waals surface area contributed by atoms with Crippen LogP contribution < -0.4 is 5.32 Å². The summed E-state index contributed by atoms with van der Waals surface area (Å²) < 4.78 is 0. The molecule has 0 saturated heterocycles. The number of carboxylic acids is 1. The van der Waals surface area contributed by atoms with Gasteiger partial charge in [-0.1, -0.05) is 31.5 Å². The highest BCUT2D eigenvalue weighted by molar-refractivity contribution is 5.66. The Hall–Kier alpha value is -1.35. The van der Waals surface area contributed by atoms with E-state index in [2.05, 4.69) is 52.1 Å². The summed E-state index contributed by atoms with van der Waals surface area (Å²) in [5.41, 5.74) is 5.44. The quantitative estimate of drug-likeness (QED) is 0.712. The van der Waals surface area contributed by atoms with Crippen LogP contribution in [-0.4, -0.2) is 17.6 Å². The fourth-order valence-electron chi connectivity index (χ4n) is 2.70. The summed E-state index contributed by atoms with van der Waals surface area (Å²) in [6.07, 6.45) is 1.97. The van der Waals surface area contributed by atoms with Gasteiger partial charge in [-0.3, -0.25) is 4.79 Å². The van der Waals surface area contributed by atoms with Gasteiger partial charge in [-0.05, 0) is 62.3 Å². The lowest BCUT2D eigenvalue weighted by Crippen LogP contribution is -2.23. The minimum Gasteiger partial charge on any atom is -0.481 e. The van der Waals surface area contributed by atoms with Crippen LogP contribution in [0.25, 0.3) is 0 Å². The molecule has 0 aliphatic carbocycles. The predicted octanol–water partition coefficient (Wildman–Crippen LogP) is 3.98. The summed E-state index contributed by atoms with van der Waals surface area (Å²) >= 11 is 0. The molecule has 0 aliphatic heterocycles. The predicted molar refractivity (Wildman–Crippen MR) is 87.6 cm³/mol. The van der Waals surface area contributed by atoms with Crippen molar-refractivity contribution in [2.75, 3.05) is 6.54 Å². The second kappa shape index (κ2) is 7.60. The zero-order valence-electron chi connectivity index (χ0n) is 14.0. The van der Waals surface area contributed by atoms with E-state index in [4.69, 9.17) is 5.11 Å². The van der Waals surface area contributed by atoms with Crippen molar-refractivity contribution in [3.63, 3.8) is 0 Å². The van der Waals surface area contributed by atoms with Crippen LogP contribution in [0.3, 0.4) is 0 Å². The van der Waals surface area contributed by atoms with Crippen molar-refractivity contribution in [2.45, 2.75) is 60.4 Å². The number of carbonyl (C=O) groups is 1. The normalized spacial score (nSPS) is 11.7. The Labute approximate surface area is 128 Å². The van der Waals surface area contributed by atoms with Gasteiger partial charge in [-0.25, -0.2) is 0 Å². The second-order valence-electron chi connectivity index (χ2n) is 6.86. The van der Waals surface area contributed by atoms with Crippen molar-refractivity contribution >= 4 is 5.97 Å². The minimum atomic E-state index is -0.707. The first-order chi connectivity index (χ1) is 9.71. The molecular formula is C18H29NO2. The van der Waals surface area contributed by atoms with Gasteiger partial charge in [0.15, 0.2) is 0 Å². The molecule has 0 heterocycles. The molecule has 1 aromatic rings. The summed E-state index contributed by atoms with van der Waals surface area (Å²) in [4.78, 5) is 10.6. The average Bonchev–Trinajstić information content (AvgIpc) is 2.34. The van der Waals surface area contributed by atoms with Gasteiger partial charge in [-0.15, -0.1) is 0 Å². The van der Waals surface area contributed by atoms with E-state index in [1.54, 1.807) is 0 Å². The van der Waals surface area contributed by atoms with Crippen molar-refractivity contribution in [3.8, 4) is 0 Å². The van der Waals surface area contributed by atoms with Gasteiger partial charge in [0.25, 0.3) is 0 Å². The van der Waals surface area contributed by atoms with Gasteiger partial charge in [0, 0.05) is 13.0 Å². The van der Waals surface area contributed by atoms with E-state index in [0.717, 1.165) is 25.9 Å². The van der Waals surface area contributed by atoms with Crippen molar-refractivity contribution in [1.29, 1.82) is 0 Å². The highest BCUT2D eigenvalue weighted by Gasteiger charge is 2.18. The largest absolute Gasteiger partial charge is 0.481 e. The fourth-order valence-corrected chi connectivity index (χ4v) is 2.70.